The molecule has 0 bridgehead atoms. The summed E-state index contributed by atoms with van der Waals surface area (Å²) in [5.74, 6) is 1.62. The highest BCUT2D eigenvalue weighted by Crippen LogP contribution is 2.23. The third kappa shape index (κ3) is 2.59. The van der Waals surface area contributed by atoms with Crippen LogP contribution in [-0.2, 0) is 6.61 Å². The van der Waals surface area contributed by atoms with Crippen molar-refractivity contribution in [3.63, 3.8) is 0 Å². The highest BCUT2D eigenvalue weighted by molar-refractivity contribution is 5.85. The first-order valence-electron chi connectivity index (χ1n) is 6.60. The third-order valence-corrected chi connectivity index (χ3v) is 3.32. The Labute approximate surface area is 118 Å². The minimum Gasteiger partial charge on any atom is -0.497 e. The highest BCUT2D eigenvalue weighted by atomic mass is 16.5. The lowest BCUT2D eigenvalue weighted by Gasteiger charge is -2.10. The average Bonchev–Trinajstić information content (AvgIpc) is 2.53. The molecule has 100 valence electrons. The van der Waals surface area contributed by atoms with E-state index >= 15 is 0 Å². The fraction of sp³-hybridized carbons (Fsp3) is 0.111. The van der Waals surface area contributed by atoms with Crippen LogP contribution in [0, 0.1) is 0 Å². The van der Waals surface area contributed by atoms with Crippen molar-refractivity contribution < 1.29 is 9.47 Å². The van der Waals surface area contributed by atoms with Crippen molar-refractivity contribution in [1.29, 1.82) is 0 Å². The minimum atomic E-state index is 0.550. The van der Waals surface area contributed by atoms with E-state index in [2.05, 4.69) is 42.5 Å². The Bertz CT molecular complexity index is 714. The Morgan fingerprint density at radius 2 is 1.55 bits per heavy atom. The van der Waals surface area contributed by atoms with E-state index in [0.29, 0.717) is 6.61 Å². The van der Waals surface area contributed by atoms with E-state index in [1.165, 1.54) is 16.3 Å². The lowest BCUT2D eigenvalue weighted by atomic mass is 10.1. The summed E-state index contributed by atoms with van der Waals surface area (Å²) in [7, 11) is 1.66. The minimum absolute atomic E-state index is 0.550. The topological polar surface area (TPSA) is 18.5 Å². The number of methoxy groups -OCH3 is 1. The van der Waals surface area contributed by atoms with Gasteiger partial charge in [0.2, 0.25) is 0 Å². The Balaban J connectivity index is 1.83. The summed E-state index contributed by atoms with van der Waals surface area (Å²) in [5.41, 5.74) is 1.19. The molecule has 0 aliphatic heterocycles. The van der Waals surface area contributed by atoms with Crippen molar-refractivity contribution in [2.75, 3.05) is 7.11 Å². The van der Waals surface area contributed by atoms with Crippen LogP contribution >= 0.6 is 0 Å². The van der Waals surface area contributed by atoms with Crippen LogP contribution in [0.4, 0.5) is 0 Å². The van der Waals surface area contributed by atoms with Crippen LogP contribution in [0.3, 0.4) is 0 Å². The molecule has 3 aromatic carbocycles. The van der Waals surface area contributed by atoms with E-state index in [9.17, 15) is 0 Å². The zero-order chi connectivity index (χ0) is 13.8. The molecule has 0 spiro atoms. The summed E-state index contributed by atoms with van der Waals surface area (Å²) in [4.78, 5) is 0. The maximum atomic E-state index is 5.86. The molecule has 3 aromatic rings. The zero-order valence-corrected chi connectivity index (χ0v) is 11.4. The van der Waals surface area contributed by atoms with E-state index in [-0.39, 0.29) is 0 Å². The number of hydrogen-bond acceptors (Lipinski definition) is 2. The van der Waals surface area contributed by atoms with Crippen LogP contribution in [0.15, 0.2) is 66.7 Å². The monoisotopic (exact) mass is 264 g/mol. The predicted molar refractivity (Wildman–Crippen MR) is 81.3 cm³/mol. The van der Waals surface area contributed by atoms with Crippen molar-refractivity contribution in [3.05, 3.63) is 72.3 Å². The van der Waals surface area contributed by atoms with E-state index in [1.54, 1.807) is 7.11 Å². The summed E-state index contributed by atoms with van der Waals surface area (Å²) in [5, 5.41) is 2.47. The molecule has 0 heterocycles. The SMILES string of the molecule is COc1cccc(OCc2cccc3ccccc23)c1. The fourth-order valence-electron chi connectivity index (χ4n) is 2.27. The summed E-state index contributed by atoms with van der Waals surface area (Å²) in [6, 6.07) is 22.3. The van der Waals surface area contributed by atoms with Gasteiger partial charge in [0.05, 0.1) is 7.11 Å². The van der Waals surface area contributed by atoms with Crippen molar-refractivity contribution in [3.8, 4) is 11.5 Å². The zero-order valence-electron chi connectivity index (χ0n) is 11.4. The smallest absolute Gasteiger partial charge is 0.123 e. The quantitative estimate of drug-likeness (QED) is 0.694. The van der Waals surface area contributed by atoms with Gasteiger partial charge in [-0.05, 0) is 28.5 Å². The molecule has 20 heavy (non-hydrogen) atoms. The molecule has 0 atom stereocenters. The Morgan fingerprint density at radius 1 is 0.800 bits per heavy atom. The molecule has 2 heteroatoms. The van der Waals surface area contributed by atoms with E-state index in [1.807, 2.05) is 24.3 Å². The number of benzene rings is 3. The number of hydrogen-bond donors (Lipinski definition) is 0. The average molecular weight is 264 g/mol. The molecule has 0 aromatic heterocycles. The molecular formula is C18H16O2. The van der Waals surface area contributed by atoms with Gasteiger partial charge in [-0.3, -0.25) is 0 Å². The highest BCUT2D eigenvalue weighted by Gasteiger charge is 2.02. The Hall–Kier alpha value is -2.48. The van der Waals surface area contributed by atoms with Gasteiger partial charge in [0.25, 0.3) is 0 Å². The van der Waals surface area contributed by atoms with Crippen LogP contribution in [0.2, 0.25) is 0 Å². The van der Waals surface area contributed by atoms with Gasteiger partial charge >= 0.3 is 0 Å². The van der Waals surface area contributed by atoms with Gasteiger partial charge in [0, 0.05) is 6.07 Å². The summed E-state index contributed by atoms with van der Waals surface area (Å²) < 4.78 is 11.1. The van der Waals surface area contributed by atoms with Gasteiger partial charge in [-0.2, -0.15) is 0 Å². The molecular weight excluding hydrogens is 248 g/mol. The number of fused-ring (bicyclic) bond motifs is 1. The normalized spacial score (nSPS) is 10.4. The predicted octanol–water partition coefficient (Wildman–Crippen LogP) is 4.43. The van der Waals surface area contributed by atoms with Crippen LogP contribution in [0.25, 0.3) is 10.8 Å². The van der Waals surface area contributed by atoms with Crippen molar-refractivity contribution >= 4 is 10.8 Å². The summed E-state index contributed by atoms with van der Waals surface area (Å²) in [6.45, 7) is 0.550. The fourth-order valence-corrected chi connectivity index (χ4v) is 2.27. The lowest BCUT2D eigenvalue weighted by molar-refractivity contribution is 0.305. The molecule has 0 saturated heterocycles. The van der Waals surface area contributed by atoms with Crippen LogP contribution in [0.5, 0.6) is 11.5 Å². The van der Waals surface area contributed by atoms with Gasteiger partial charge in [-0.1, -0.05) is 48.5 Å². The molecule has 0 amide bonds. The van der Waals surface area contributed by atoms with Gasteiger partial charge in [0.15, 0.2) is 0 Å². The van der Waals surface area contributed by atoms with Crippen molar-refractivity contribution in [2.24, 2.45) is 0 Å². The van der Waals surface area contributed by atoms with Crippen molar-refractivity contribution in [1.82, 2.24) is 0 Å². The first-order valence-corrected chi connectivity index (χ1v) is 6.60. The molecule has 0 fully saturated rings. The Morgan fingerprint density at radius 3 is 2.45 bits per heavy atom. The van der Waals surface area contributed by atoms with Crippen molar-refractivity contribution in [2.45, 2.75) is 6.61 Å². The molecule has 3 rings (SSSR count). The molecule has 2 nitrogen and oxygen atoms in total. The third-order valence-electron chi connectivity index (χ3n) is 3.32. The van der Waals surface area contributed by atoms with Gasteiger partial charge in [-0.25, -0.2) is 0 Å². The van der Waals surface area contributed by atoms with Gasteiger partial charge in [-0.15, -0.1) is 0 Å². The second-order valence-corrected chi connectivity index (χ2v) is 4.61. The Kier molecular flexibility index (Phi) is 3.55. The van der Waals surface area contributed by atoms with Gasteiger partial charge in [0.1, 0.15) is 18.1 Å². The lowest BCUT2D eigenvalue weighted by Crippen LogP contribution is -1.96. The van der Waals surface area contributed by atoms with E-state index in [0.717, 1.165) is 11.5 Å². The second-order valence-electron chi connectivity index (χ2n) is 4.61. The maximum Gasteiger partial charge on any atom is 0.123 e. The first kappa shape index (κ1) is 12.5. The summed E-state index contributed by atoms with van der Waals surface area (Å²) >= 11 is 0. The maximum absolute atomic E-state index is 5.86. The molecule has 0 radical (unpaired) electrons. The van der Waals surface area contributed by atoms with Crippen LogP contribution in [0.1, 0.15) is 5.56 Å². The van der Waals surface area contributed by atoms with Gasteiger partial charge < -0.3 is 9.47 Å². The number of rotatable bonds is 4. The standard InChI is InChI=1S/C18H16O2/c1-19-16-9-5-10-17(12-16)20-13-15-8-4-7-14-6-2-3-11-18(14)15/h2-12H,13H2,1H3. The summed E-state index contributed by atoms with van der Waals surface area (Å²) in [6.07, 6.45) is 0. The number of ether oxygens (including phenoxy) is 2. The van der Waals surface area contributed by atoms with E-state index in [4.69, 9.17) is 9.47 Å². The molecule has 0 unspecified atom stereocenters. The molecule has 0 aliphatic carbocycles. The molecule has 0 aliphatic rings. The van der Waals surface area contributed by atoms with Crippen LogP contribution in [-0.4, -0.2) is 7.11 Å². The van der Waals surface area contributed by atoms with E-state index < -0.39 is 0 Å². The second kappa shape index (κ2) is 5.66. The largest absolute Gasteiger partial charge is 0.497 e. The first-order chi connectivity index (χ1) is 9.86. The molecule has 0 N–H and O–H groups in total. The molecule has 0 saturated carbocycles. The van der Waals surface area contributed by atoms with Crippen LogP contribution < -0.4 is 9.47 Å².